The van der Waals surface area contributed by atoms with Gasteiger partial charge in [-0.15, -0.1) is 0 Å². The summed E-state index contributed by atoms with van der Waals surface area (Å²) < 4.78 is 4.10. The highest BCUT2D eigenvalue weighted by Crippen LogP contribution is 1.97. The molecule has 3 aromatic heterocycles. The topological polar surface area (TPSA) is 145 Å². The van der Waals surface area contributed by atoms with Gasteiger partial charge in [0, 0.05) is 13.1 Å². The molecule has 0 bridgehead atoms. The summed E-state index contributed by atoms with van der Waals surface area (Å²) in [6.45, 7) is 5.27. The Kier molecular flexibility index (Phi) is 7.29. The van der Waals surface area contributed by atoms with Crippen molar-refractivity contribution in [2.75, 3.05) is 11.9 Å². The summed E-state index contributed by atoms with van der Waals surface area (Å²) in [5.74, 6) is 4.26. The molecule has 3 heterocycles. The lowest BCUT2D eigenvalue weighted by atomic mass is 10.7. The minimum atomic E-state index is -0.502. The molecule has 3 aromatic rings. The number of anilines is 1. The molecule has 0 aromatic carbocycles. The number of nitrogens with zero attached hydrogens (tertiary/aromatic N) is 6. The Bertz CT molecular complexity index is 761. The SMILES string of the molecule is CC#CN(C)c1ncn[nH]1.Cc1ncn[nH]1.Cc1noc(=O)[nH]1. The van der Waals surface area contributed by atoms with Crippen molar-refractivity contribution in [2.45, 2.75) is 20.8 Å². The monoisotopic (exact) mass is 319 g/mol. The zero-order chi connectivity index (χ0) is 17.1. The van der Waals surface area contributed by atoms with Gasteiger partial charge >= 0.3 is 5.76 Å². The zero-order valence-corrected chi connectivity index (χ0v) is 13.2. The third-order valence-corrected chi connectivity index (χ3v) is 2.08. The molecule has 0 aliphatic carbocycles. The molecule has 0 saturated heterocycles. The molecule has 122 valence electrons. The number of hydrogen-bond donors (Lipinski definition) is 3. The quantitative estimate of drug-likeness (QED) is 0.420. The van der Waals surface area contributed by atoms with E-state index in [0.29, 0.717) is 11.8 Å². The van der Waals surface area contributed by atoms with E-state index in [2.05, 4.69) is 57.0 Å². The van der Waals surface area contributed by atoms with E-state index in [1.165, 1.54) is 12.7 Å². The fraction of sp³-hybridized carbons (Fsp3) is 0.333. The first-order chi connectivity index (χ1) is 11.0. The maximum Gasteiger partial charge on any atom is 0.438 e. The van der Waals surface area contributed by atoms with Crippen molar-refractivity contribution in [2.24, 2.45) is 0 Å². The number of rotatable bonds is 1. The van der Waals surface area contributed by atoms with Gasteiger partial charge in [0.15, 0.2) is 0 Å². The van der Waals surface area contributed by atoms with Gasteiger partial charge in [0.1, 0.15) is 24.3 Å². The second-order valence-corrected chi connectivity index (χ2v) is 3.98. The third-order valence-electron chi connectivity index (χ3n) is 2.08. The van der Waals surface area contributed by atoms with Crippen molar-refractivity contribution in [3.05, 3.63) is 34.9 Å². The Morgan fingerprint density at radius 3 is 2.13 bits per heavy atom. The number of hydrogen-bond acceptors (Lipinski definition) is 8. The molecule has 3 N–H and O–H groups in total. The van der Waals surface area contributed by atoms with Crippen LogP contribution in [0.1, 0.15) is 18.6 Å². The molecule has 0 spiro atoms. The van der Waals surface area contributed by atoms with Crippen molar-refractivity contribution >= 4 is 5.95 Å². The van der Waals surface area contributed by atoms with Crippen LogP contribution in [0.15, 0.2) is 22.0 Å². The van der Waals surface area contributed by atoms with E-state index >= 15 is 0 Å². The van der Waals surface area contributed by atoms with Crippen LogP contribution in [0.25, 0.3) is 0 Å². The molecular weight excluding hydrogens is 302 g/mol. The number of aromatic amines is 3. The van der Waals surface area contributed by atoms with Gasteiger partial charge in [-0.1, -0.05) is 11.1 Å². The lowest BCUT2D eigenvalue weighted by Crippen LogP contribution is -2.09. The number of H-pyrrole nitrogens is 3. The average Bonchev–Trinajstić information content (AvgIpc) is 3.24. The second-order valence-electron chi connectivity index (χ2n) is 3.98. The molecule has 0 amide bonds. The fourth-order valence-electron chi connectivity index (χ4n) is 1.15. The molecule has 11 heteroatoms. The van der Waals surface area contributed by atoms with Crippen molar-refractivity contribution in [1.29, 1.82) is 0 Å². The molecule has 23 heavy (non-hydrogen) atoms. The van der Waals surface area contributed by atoms with Gasteiger partial charge in [0.25, 0.3) is 0 Å². The maximum atomic E-state index is 10.0. The van der Waals surface area contributed by atoms with E-state index in [1.807, 2.05) is 14.0 Å². The predicted octanol–water partition coefficient (Wildman–Crippen LogP) is 0.00614. The van der Waals surface area contributed by atoms with Gasteiger partial charge < -0.3 is 0 Å². The van der Waals surface area contributed by atoms with Crippen LogP contribution in [0, 0.1) is 25.8 Å². The van der Waals surface area contributed by atoms with Gasteiger partial charge in [0.2, 0.25) is 5.95 Å². The minimum absolute atomic E-state index is 0.502. The second kappa shape index (κ2) is 9.50. The zero-order valence-electron chi connectivity index (χ0n) is 13.2. The highest BCUT2D eigenvalue weighted by Gasteiger charge is 1.96. The molecule has 0 fully saturated rings. The van der Waals surface area contributed by atoms with Crippen LogP contribution in [0.4, 0.5) is 5.95 Å². The Labute approximate surface area is 131 Å². The Morgan fingerprint density at radius 1 is 1.13 bits per heavy atom. The van der Waals surface area contributed by atoms with Gasteiger partial charge in [-0.25, -0.2) is 14.9 Å². The van der Waals surface area contributed by atoms with Gasteiger partial charge in [-0.05, 0) is 20.8 Å². The van der Waals surface area contributed by atoms with Crippen LogP contribution in [0.2, 0.25) is 0 Å². The molecule has 0 atom stereocenters. The number of aryl methyl sites for hydroxylation is 2. The summed E-state index contributed by atoms with van der Waals surface area (Å²) in [4.78, 5) is 21.6. The van der Waals surface area contributed by atoms with Crippen LogP contribution in [0.5, 0.6) is 0 Å². The largest absolute Gasteiger partial charge is 0.438 e. The molecule has 0 unspecified atom stereocenters. The van der Waals surface area contributed by atoms with Crippen molar-refractivity contribution in [3.8, 4) is 12.0 Å². The van der Waals surface area contributed by atoms with E-state index in [4.69, 9.17) is 0 Å². The van der Waals surface area contributed by atoms with Crippen LogP contribution in [-0.4, -0.2) is 47.6 Å². The van der Waals surface area contributed by atoms with E-state index in [1.54, 1.807) is 18.7 Å². The van der Waals surface area contributed by atoms with Gasteiger partial charge in [-0.2, -0.15) is 15.2 Å². The van der Waals surface area contributed by atoms with Crippen LogP contribution in [-0.2, 0) is 0 Å². The summed E-state index contributed by atoms with van der Waals surface area (Å²) in [6.07, 6.45) is 2.93. The number of aromatic nitrogens is 8. The Hall–Kier alpha value is -3.42. The van der Waals surface area contributed by atoms with E-state index in [0.717, 1.165) is 5.82 Å². The molecule has 11 nitrogen and oxygen atoms in total. The molecule has 0 aliphatic rings. The molecule has 0 aliphatic heterocycles. The van der Waals surface area contributed by atoms with Crippen molar-refractivity contribution in [1.82, 2.24) is 40.5 Å². The van der Waals surface area contributed by atoms with Crippen molar-refractivity contribution < 1.29 is 4.52 Å². The van der Waals surface area contributed by atoms with Gasteiger partial charge in [-0.3, -0.25) is 19.5 Å². The molecule has 0 saturated carbocycles. The molecule has 0 radical (unpaired) electrons. The van der Waals surface area contributed by atoms with Crippen LogP contribution in [0.3, 0.4) is 0 Å². The Balaban J connectivity index is 0.000000179. The maximum absolute atomic E-state index is 10.0. The fourth-order valence-corrected chi connectivity index (χ4v) is 1.15. The predicted molar refractivity (Wildman–Crippen MR) is 81.2 cm³/mol. The summed E-state index contributed by atoms with van der Waals surface area (Å²) in [5.41, 5.74) is 0. The molecule has 3 rings (SSSR count). The first-order valence-corrected chi connectivity index (χ1v) is 6.39. The average molecular weight is 319 g/mol. The van der Waals surface area contributed by atoms with Crippen LogP contribution < -0.4 is 10.7 Å². The highest BCUT2D eigenvalue weighted by molar-refractivity contribution is 5.35. The first kappa shape index (κ1) is 17.6. The normalized spacial score (nSPS) is 8.70. The number of nitrogens with one attached hydrogen (secondary N) is 3. The summed E-state index contributed by atoms with van der Waals surface area (Å²) in [6, 6.07) is 2.80. The first-order valence-electron chi connectivity index (χ1n) is 6.39. The molecular formula is C12H17N9O2. The van der Waals surface area contributed by atoms with E-state index in [-0.39, 0.29) is 0 Å². The van der Waals surface area contributed by atoms with Crippen LogP contribution >= 0.6 is 0 Å². The van der Waals surface area contributed by atoms with Crippen molar-refractivity contribution in [3.63, 3.8) is 0 Å². The summed E-state index contributed by atoms with van der Waals surface area (Å²) in [7, 11) is 1.82. The highest BCUT2D eigenvalue weighted by atomic mass is 16.5. The van der Waals surface area contributed by atoms with E-state index < -0.39 is 5.76 Å². The lowest BCUT2D eigenvalue weighted by molar-refractivity contribution is 0.383. The van der Waals surface area contributed by atoms with E-state index in [9.17, 15) is 4.79 Å². The summed E-state index contributed by atoms with van der Waals surface area (Å²) >= 11 is 0. The minimum Gasteiger partial charge on any atom is -0.296 e. The lowest BCUT2D eigenvalue weighted by Gasteiger charge is -2.02. The summed E-state index contributed by atoms with van der Waals surface area (Å²) in [5, 5.41) is 15.9. The third kappa shape index (κ3) is 7.23. The van der Waals surface area contributed by atoms with Gasteiger partial charge in [0.05, 0.1) is 0 Å². The Morgan fingerprint density at radius 2 is 1.83 bits per heavy atom. The standard InChI is InChI=1S/C6H8N4.C3H5N3.C3H4N2O2/c1-3-4-10(2)6-7-5-8-9-6;1-3-4-2-5-6-3;1-2-4-3(6)7-5-2/h5H,1-2H3,(H,7,8,9);2H,1H3,(H,4,5,6);1H3,(H,4,5,6). The smallest absolute Gasteiger partial charge is 0.296 e.